The lowest BCUT2D eigenvalue weighted by Crippen LogP contribution is -2.49. The van der Waals surface area contributed by atoms with Crippen LogP contribution in [0.15, 0.2) is 47.4 Å². The van der Waals surface area contributed by atoms with Gasteiger partial charge in [-0.1, -0.05) is 30.4 Å². The summed E-state index contributed by atoms with van der Waals surface area (Å²) in [5.41, 5.74) is 1.88. The topological polar surface area (TPSA) is 79.6 Å². The highest BCUT2D eigenvalue weighted by atomic mass is 32.2. The molecule has 9 heteroatoms. The van der Waals surface area contributed by atoms with Crippen molar-refractivity contribution in [3.63, 3.8) is 0 Å². The average molecular weight is 443 g/mol. The molecule has 0 aliphatic carbocycles. The number of aromatic nitrogens is 1. The third-order valence-corrected chi connectivity index (χ3v) is 7.04. The van der Waals surface area contributed by atoms with E-state index in [-0.39, 0.29) is 16.5 Å². The van der Waals surface area contributed by atoms with Gasteiger partial charge < -0.3 is 9.80 Å². The lowest BCUT2D eigenvalue weighted by atomic mass is 10.1. The van der Waals surface area contributed by atoms with Gasteiger partial charge in [0.05, 0.1) is 21.6 Å². The van der Waals surface area contributed by atoms with Crippen LogP contribution in [0.3, 0.4) is 0 Å². The van der Waals surface area contributed by atoms with Crippen LogP contribution in [0.5, 0.6) is 0 Å². The van der Waals surface area contributed by atoms with E-state index >= 15 is 0 Å². The molecule has 30 heavy (non-hydrogen) atoms. The number of nitrogens with zero attached hydrogens (tertiary/aromatic N) is 4. The van der Waals surface area contributed by atoms with Gasteiger partial charge in [0, 0.05) is 43.2 Å². The maximum Gasteiger partial charge on any atom is 0.270 e. The van der Waals surface area contributed by atoms with Crippen molar-refractivity contribution >= 4 is 50.0 Å². The van der Waals surface area contributed by atoms with Crippen molar-refractivity contribution in [3.8, 4) is 0 Å². The molecular weight excluding hydrogens is 420 g/mol. The number of rotatable bonds is 6. The van der Waals surface area contributed by atoms with Crippen molar-refractivity contribution in [2.75, 3.05) is 36.8 Å². The largest absolute Gasteiger partial charge is 0.345 e. The summed E-state index contributed by atoms with van der Waals surface area (Å²) in [7, 11) is 0. The Bertz CT molecular complexity index is 1060. The fourth-order valence-electron chi connectivity index (χ4n) is 3.45. The number of amides is 1. The zero-order valence-electron chi connectivity index (χ0n) is 16.6. The number of carbonyl (C=O) groups is 1. The number of hydrogen-bond acceptors (Lipinski definition) is 7. The summed E-state index contributed by atoms with van der Waals surface area (Å²) in [6.07, 6.45) is 0.419. The van der Waals surface area contributed by atoms with Crippen molar-refractivity contribution in [2.24, 2.45) is 0 Å². The number of fused-ring (bicyclic) bond motifs is 1. The lowest BCUT2D eigenvalue weighted by molar-refractivity contribution is -0.384. The normalized spacial score (nSPS) is 14.3. The molecule has 0 radical (unpaired) electrons. The number of thiazole rings is 1. The molecule has 1 fully saturated rings. The molecule has 0 atom stereocenters. The van der Waals surface area contributed by atoms with E-state index in [1.807, 2.05) is 17.0 Å². The second-order valence-corrected chi connectivity index (χ2v) is 9.37. The summed E-state index contributed by atoms with van der Waals surface area (Å²) < 4.78 is 0.808. The first-order valence-corrected chi connectivity index (χ1v) is 11.6. The highest BCUT2D eigenvalue weighted by Gasteiger charge is 2.23. The number of anilines is 1. The molecule has 0 spiro atoms. The first-order chi connectivity index (χ1) is 14.5. The highest BCUT2D eigenvalue weighted by Crippen LogP contribution is 2.31. The first kappa shape index (κ1) is 20.6. The second kappa shape index (κ2) is 9.01. The van der Waals surface area contributed by atoms with Crippen LogP contribution in [0.1, 0.15) is 12.5 Å². The minimum atomic E-state index is -0.389. The van der Waals surface area contributed by atoms with E-state index in [0.29, 0.717) is 32.6 Å². The Morgan fingerprint density at radius 2 is 1.90 bits per heavy atom. The number of thioether (sulfide) groups is 1. The maximum atomic E-state index is 12.7. The standard InChI is InChI=1S/C21H22N4O3S2/c1-2-29-17-6-3-15(4-7-17)13-20(26)23-9-11-24(12-10-23)21-22-18-8-5-16(25(27)28)14-19(18)30-21/h3-8,14H,2,9-13H2,1H3. The van der Waals surface area contributed by atoms with E-state index in [4.69, 9.17) is 0 Å². The zero-order chi connectivity index (χ0) is 21.1. The smallest absolute Gasteiger partial charge is 0.270 e. The van der Waals surface area contributed by atoms with Gasteiger partial charge >= 0.3 is 0 Å². The molecule has 7 nitrogen and oxygen atoms in total. The fourth-order valence-corrected chi connectivity index (χ4v) is 5.17. The van der Waals surface area contributed by atoms with Gasteiger partial charge in [-0.2, -0.15) is 0 Å². The Morgan fingerprint density at radius 3 is 2.57 bits per heavy atom. The third kappa shape index (κ3) is 4.57. The summed E-state index contributed by atoms with van der Waals surface area (Å²) in [5.74, 6) is 1.18. The molecule has 1 aromatic heterocycles. The van der Waals surface area contributed by atoms with E-state index in [2.05, 4.69) is 28.9 Å². The van der Waals surface area contributed by atoms with E-state index in [0.717, 1.165) is 26.7 Å². The van der Waals surface area contributed by atoms with Gasteiger partial charge in [-0.3, -0.25) is 14.9 Å². The molecule has 3 aromatic rings. The molecule has 1 aliphatic heterocycles. The van der Waals surface area contributed by atoms with E-state index in [9.17, 15) is 14.9 Å². The van der Waals surface area contributed by atoms with Crippen LogP contribution in [-0.4, -0.2) is 52.6 Å². The SMILES string of the molecule is CCSc1ccc(CC(=O)N2CCN(c3nc4ccc([N+](=O)[O-])cc4s3)CC2)cc1. The molecule has 0 saturated carbocycles. The van der Waals surface area contributed by atoms with Crippen LogP contribution in [0, 0.1) is 10.1 Å². The molecule has 1 amide bonds. The van der Waals surface area contributed by atoms with Gasteiger partial charge in [0.15, 0.2) is 5.13 Å². The van der Waals surface area contributed by atoms with Gasteiger partial charge in [0.25, 0.3) is 5.69 Å². The van der Waals surface area contributed by atoms with Crippen molar-refractivity contribution in [2.45, 2.75) is 18.2 Å². The Morgan fingerprint density at radius 1 is 1.17 bits per heavy atom. The molecule has 2 heterocycles. The Balaban J connectivity index is 1.35. The number of nitro groups is 1. The number of benzene rings is 2. The van der Waals surface area contributed by atoms with Gasteiger partial charge in [-0.05, 0) is 29.5 Å². The Kier molecular flexibility index (Phi) is 6.19. The molecular formula is C21H22N4O3S2. The number of piperazine rings is 1. The highest BCUT2D eigenvalue weighted by molar-refractivity contribution is 7.99. The first-order valence-electron chi connectivity index (χ1n) is 9.83. The van der Waals surface area contributed by atoms with Crippen molar-refractivity contribution in [1.82, 2.24) is 9.88 Å². The van der Waals surface area contributed by atoms with Gasteiger partial charge in [0.1, 0.15) is 0 Å². The summed E-state index contributed by atoms with van der Waals surface area (Å²) in [5, 5.41) is 11.8. The Hall–Kier alpha value is -2.65. The van der Waals surface area contributed by atoms with Crippen LogP contribution in [0.2, 0.25) is 0 Å². The third-order valence-electron chi connectivity index (χ3n) is 5.06. The van der Waals surface area contributed by atoms with Gasteiger partial charge in [0.2, 0.25) is 5.91 Å². The summed E-state index contributed by atoms with van der Waals surface area (Å²) in [4.78, 5) is 33.2. The Labute approximate surface area is 182 Å². The van der Waals surface area contributed by atoms with Crippen LogP contribution in [0.4, 0.5) is 10.8 Å². The fraction of sp³-hybridized carbons (Fsp3) is 0.333. The number of non-ortho nitro benzene ring substituents is 1. The maximum absolute atomic E-state index is 12.7. The van der Waals surface area contributed by atoms with Crippen LogP contribution in [-0.2, 0) is 11.2 Å². The average Bonchev–Trinajstić information content (AvgIpc) is 3.19. The summed E-state index contributed by atoms with van der Waals surface area (Å²) in [6, 6.07) is 13.0. The van der Waals surface area contributed by atoms with E-state index in [1.165, 1.54) is 22.3 Å². The van der Waals surface area contributed by atoms with Gasteiger partial charge in [-0.15, -0.1) is 11.8 Å². The van der Waals surface area contributed by atoms with Crippen molar-refractivity contribution in [3.05, 3.63) is 58.1 Å². The molecule has 0 N–H and O–H groups in total. The van der Waals surface area contributed by atoms with E-state index in [1.54, 1.807) is 23.9 Å². The molecule has 1 saturated heterocycles. The number of carbonyl (C=O) groups excluding carboxylic acids is 1. The monoisotopic (exact) mass is 442 g/mol. The molecule has 156 valence electrons. The quantitative estimate of drug-likeness (QED) is 0.323. The number of nitro benzene ring substituents is 1. The van der Waals surface area contributed by atoms with E-state index < -0.39 is 0 Å². The van der Waals surface area contributed by atoms with Crippen LogP contribution >= 0.6 is 23.1 Å². The minimum absolute atomic E-state index is 0.0782. The summed E-state index contributed by atoms with van der Waals surface area (Å²) >= 11 is 3.25. The second-order valence-electron chi connectivity index (χ2n) is 7.03. The van der Waals surface area contributed by atoms with Crippen LogP contribution < -0.4 is 4.90 Å². The molecule has 0 unspecified atom stereocenters. The molecule has 1 aliphatic rings. The zero-order valence-corrected chi connectivity index (χ0v) is 18.2. The van der Waals surface area contributed by atoms with Crippen molar-refractivity contribution in [1.29, 1.82) is 0 Å². The summed E-state index contributed by atoms with van der Waals surface area (Å²) in [6.45, 7) is 4.84. The molecule has 4 rings (SSSR count). The molecule has 2 aromatic carbocycles. The number of hydrogen-bond donors (Lipinski definition) is 0. The predicted molar refractivity (Wildman–Crippen MR) is 122 cm³/mol. The van der Waals surface area contributed by atoms with Gasteiger partial charge in [-0.25, -0.2) is 4.98 Å². The van der Waals surface area contributed by atoms with Crippen molar-refractivity contribution < 1.29 is 9.72 Å². The van der Waals surface area contributed by atoms with Crippen LogP contribution in [0.25, 0.3) is 10.2 Å². The predicted octanol–water partition coefficient (Wildman–Crippen LogP) is 4.21. The lowest BCUT2D eigenvalue weighted by Gasteiger charge is -2.34. The molecule has 0 bridgehead atoms. The minimum Gasteiger partial charge on any atom is -0.345 e.